The highest BCUT2D eigenvalue weighted by Crippen LogP contribution is 2.21. The molecule has 1 saturated carbocycles. The van der Waals surface area contributed by atoms with Gasteiger partial charge in [0.25, 0.3) is 5.91 Å². The number of hydrogen-bond donors (Lipinski definition) is 4. The molecule has 0 spiro atoms. The van der Waals surface area contributed by atoms with E-state index in [1.165, 1.54) is 12.8 Å². The van der Waals surface area contributed by atoms with Crippen LogP contribution in [0.15, 0.2) is 30.3 Å². The molecule has 34 heavy (non-hydrogen) atoms. The van der Waals surface area contributed by atoms with Crippen molar-refractivity contribution in [3.05, 3.63) is 35.9 Å². The number of carbonyl (C=O) groups excluding carboxylic acids is 1. The predicted octanol–water partition coefficient (Wildman–Crippen LogP) is 2.92. The minimum atomic E-state index is -0.0989. The van der Waals surface area contributed by atoms with Gasteiger partial charge in [-0.2, -0.15) is 15.0 Å². The smallest absolute Gasteiger partial charge is 0.251 e. The largest absolute Gasteiger partial charge is 0.377 e. The summed E-state index contributed by atoms with van der Waals surface area (Å²) in [5, 5.41) is 12.7. The number of carbonyl (C=O) groups is 1. The molecule has 1 aromatic carbocycles. The third kappa shape index (κ3) is 9.48. The van der Waals surface area contributed by atoms with Crippen LogP contribution in [-0.4, -0.2) is 72.5 Å². The standard InChI is InChI=1S/C24H37N7O3/c1-18(2)27-23-29-22(30-24(31-23)28-20-10-6-7-11-20)26-13-15-34-17-16-33-14-12-25-21(32)19-8-4-3-5-9-19/h3-5,8-9,18,20H,6-7,10-17H2,1-2H3,(H,25,32)(H3,26,27,28,29,30,31). The number of anilines is 3. The molecule has 4 N–H and O–H groups in total. The van der Waals surface area contributed by atoms with Crippen molar-refractivity contribution in [3.63, 3.8) is 0 Å². The first-order valence-corrected chi connectivity index (χ1v) is 12.1. The number of amides is 1. The molecular weight excluding hydrogens is 434 g/mol. The van der Waals surface area contributed by atoms with Crippen molar-refractivity contribution in [2.24, 2.45) is 0 Å². The highest BCUT2D eigenvalue weighted by Gasteiger charge is 2.17. The topological polar surface area (TPSA) is 122 Å². The zero-order chi connectivity index (χ0) is 24.0. The van der Waals surface area contributed by atoms with Crippen molar-refractivity contribution in [1.82, 2.24) is 20.3 Å². The summed E-state index contributed by atoms with van der Waals surface area (Å²) < 4.78 is 11.1. The third-order valence-electron chi connectivity index (χ3n) is 5.21. The van der Waals surface area contributed by atoms with Crippen LogP contribution in [-0.2, 0) is 9.47 Å². The quantitative estimate of drug-likeness (QED) is 0.290. The fourth-order valence-electron chi connectivity index (χ4n) is 3.58. The molecule has 0 aliphatic heterocycles. The summed E-state index contributed by atoms with van der Waals surface area (Å²) in [4.78, 5) is 25.4. The van der Waals surface area contributed by atoms with Gasteiger partial charge >= 0.3 is 0 Å². The lowest BCUT2D eigenvalue weighted by Gasteiger charge is -2.15. The van der Waals surface area contributed by atoms with Crippen LogP contribution in [0.4, 0.5) is 17.8 Å². The summed E-state index contributed by atoms with van der Waals surface area (Å²) in [6, 6.07) is 9.78. The van der Waals surface area contributed by atoms with Crippen molar-refractivity contribution in [2.75, 3.05) is 55.5 Å². The second-order valence-corrected chi connectivity index (χ2v) is 8.50. The highest BCUT2D eigenvalue weighted by molar-refractivity contribution is 5.94. The molecule has 1 heterocycles. The van der Waals surface area contributed by atoms with Gasteiger partial charge in [-0.25, -0.2) is 0 Å². The molecule has 3 rings (SSSR count). The van der Waals surface area contributed by atoms with E-state index in [2.05, 4.69) is 36.2 Å². The Kier molecular flexibility index (Phi) is 10.8. The number of ether oxygens (including phenoxy) is 2. The van der Waals surface area contributed by atoms with Crippen LogP contribution < -0.4 is 21.3 Å². The Hall–Kier alpha value is -2.98. The van der Waals surface area contributed by atoms with E-state index in [1.54, 1.807) is 12.1 Å². The van der Waals surface area contributed by atoms with Gasteiger partial charge in [0.15, 0.2) is 0 Å². The Balaban J connectivity index is 1.28. The van der Waals surface area contributed by atoms with Gasteiger partial charge in [0.2, 0.25) is 17.8 Å². The van der Waals surface area contributed by atoms with Crippen LogP contribution >= 0.6 is 0 Å². The van der Waals surface area contributed by atoms with Crippen molar-refractivity contribution >= 4 is 23.8 Å². The van der Waals surface area contributed by atoms with Gasteiger partial charge in [-0.3, -0.25) is 4.79 Å². The molecule has 0 bridgehead atoms. The minimum absolute atomic E-state index is 0.0989. The molecule has 2 aromatic rings. The molecular formula is C24H37N7O3. The number of hydrogen-bond acceptors (Lipinski definition) is 9. The summed E-state index contributed by atoms with van der Waals surface area (Å²) >= 11 is 0. The molecule has 10 heteroatoms. The van der Waals surface area contributed by atoms with E-state index in [-0.39, 0.29) is 11.9 Å². The lowest BCUT2D eigenvalue weighted by molar-refractivity contribution is 0.0519. The first kappa shape index (κ1) is 25.6. The average Bonchev–Trinajstić information content (AvgIpc) is 3.33. The highest BCUT2D eigenvalue weighted by atomic mass is 16.5. The monoisotopic (exact) mass is 471 g/mol. The average molecular weight is 472 g/mol. The summed E-state index contributed by atoms with van der Waals surface area (Å²) in [6.07, 6.45) is 4.79. The lowest BCUT2D eigenvalue weighted by Crippen LogP contribution is -2.27. The van der Waals surface area contributed by atoms with Gasteiger partial charge in [0, 0.05) is 30.7 Å². The fraction of sp³-hybridized carbons (Fsp3) is 0.583. The SMILES string of the molecule is CC(C)Nc1nc(NCCOCCOCCNC(=O)c2ccccc2)nc(NC2CCCC2)n1. The van der Waals surface area contributed by atoms with Crippen LogP contribution in [0.3, 0.4) is 0 Å². The van der Waals surface area contributed by atoms with Crippen LogP contribution in [0.25, 0.3) is 0 Å². The van der Waals surface area contributed by atoms with E-state index >= 15 is 0 Å². The predicted molar refractivity (Wildman–Crippen MR) is 133 cm³/mol. The molecule has 1 fully saturated rings. The Morgan fingerprint density at radius 1 is 0.912 bits per heavy atom. The Labute approximate surface area is 201 Å². The molecule has 1 aliphatic rings. The summed E-state index contributed by atoms with van der Waals surface area (Å²) in [5.41, 5.74) is 0.644. The Morgan fingerprint density at radius 2 is 1.56 bits per heavy atom. The molecule has 0 unspecified atom stereocenters. The molecule has 1 aromatic heterocycles. The number of aromatic nitrogens is 3. The molecule has 1 aliphatic carbocycles. The summed E-state index contributed by atoms with van der Waals surface area (Å²) in [5.74, 6) is 1.58. The number of benzene rings is 1. The van der Waals surface area contributed by atoms with E-state index in [9.17, 15) is 4.79 Å². The minimum Gasteiger partial charge on any atom is -0.377 e. The fourth-order valence-corrected chi connectivity index (χ4v) is 3.58. The van der Waals surface area contributed by atoms with E-state index < -0.39 is 0 Å². The van der Waals surface area contributed by atoms with Gasteiger partial charge in [-0.05, 0) is 38.8 Å². The molecule has 10 nitrogen and oxygen atoms in total. The van der Waals surface area contributed by atoms with Gasteiger partial charge in [0.05, 0.1) is 26.4 Å². The van der Waals surface area contributed by atoms with E-state index in [0.29, 0.717) is 69.0 Å². The normalized spacial score (nSPS) is 13.7. The molecule has 0 atom stereocenters. The molecule has 0 radical (unpaired) electrons. The molecule has 186 valence electrons. The number of nitrogens with one attached hydrogen (secondary N) is 4. The van der Waals surface area contributed by atoms with Crippen molar-refractivity contribution in [2.45, 2.75) is 51.6 Å². The van der Waals surface area contributed by atoms with Gasteiger partial charge in [0.1, 0.15) is 0 Å². The number of rotatable bonds is 15. The Morgan fingerprint density at radius 3 is 2.26 bits per heavy atom. The van der Waals surface area contributed by atoms with Gasteiger partial charge in [-0.15, -0.1) is 0 Å². The maximum atomic E-state index is 11.9. The zero-order valence-electron chi connectivity index (χ0n) is 20.2. The van der Waals surface area contributed by atoms with Crippen molar-refractivity contribution < 1.29 is 14.3 Å². The van der Waals surface area contributed by atoms with Crippen LogP contribution in [0.1, 0.15) is 49.9 Å². The summed E-state index contributed by atoms with van der Waals surface area (Å²) in [7, 11) is 0. The second kappa shape index (κ2) is 14.3. The first-order valence-electron chi connectivity index (χ1n) is 12.1. The van der Waals surface area contributed by atoms with Gasteiger partial charge < -0.3 is 30.7 Å². The molecule has 1 amide bonds. The first-order chi connectivity index (χ1) is 16.6. The van der Waals surface area contributed by atoms with Crippen LogP contribution in [0, 0.1) is 0 Å². The van der Waals surface area contributed by atoms with Crippen molar-refractivity contribution in [1.29, 1.82) is 0 Å². The zero-order valence-corrected chi connectivity index (χ0v) is 20.2. The maximum absolute atomic E-state index is 11.9. The second-order valence-electron chi connectivity index (χ2n) is 8.50. The van der Waals surface area contributed by atoms with Gasteiger partial charge in [-0.1, -0.05) is 31.0 Å². The summed E-state index contributed by atoms with van der Waals surface area (Å²) in [6.45, 7) is 7.00. The number of nitrogens with zero attached hydrogens (tertiary/aromatic N) is 3. The van der Waals surface area contributed by atoms with Crippen molar-refractivity contribution in [3.8, 4) is 0 Å². The van der Waals surface area contributed by atoms with Crippen LogP contribution in [0.2, 0.25) is 0 Å². The third-order valence-corrected chi connectivity index (χ3v) is 5.21. The maximum Gasteiger partial charge on any atom is 0.251 e. The van der Waals surface area contributed by atoms with Crippen LogP contribution in [0.5, 0.6) is 0 Å². The Bertz CT molecular complexity index is 861. The lowest BCUT2D eigenvalue weighted by atomic mass is 10.2. The van der Waals surface area contributed by atoms with E-state index in [4.69, 9.17) is 9.47 Å². The molecule has 0 saturated heterocycles. The van der Waals surface area contributed by atoms with E-state index in [1.807, 2.05) is 32.0 Å². The van der Waals surface area contributed by atoms with E-state index in [0.717, 1.165) is 12.8 Å².